The average Bonchev–Trinajstić information content (AvgIpc) is 2.66. The SMILES string of the molecule is CCC(CC)CN1CCC(Nc2cccc(OC)c2)(C(=O)NC)CC1. The predicted molar refractivity (Wildman–Crippen MR) is 103 cm³/mol. The number of hydrogen-bond donors (Lipinski definition) is 2. The smallest absolute Gasteiger partial charge is 0.245 e. The zero-order valence-electron chi connectivity index (χ0n) is 16.1. The fourth-order valence-electron chi connectivity index (χ4n) is 3.65. The molecule has 1 aromatic carbocycles. The Morgan fingerprint density at radius 1 is 1.28 bits per heavy atom. The minimum atomic E-state index is -0.550. The van der Waals surface area contributed by atoms with Gasteiger partial charge in [-0.1, -0.05) is 32.8 Å². The number of nitrogens with one attached hydrogen (secondary N) is 2. The molecule has 1 aliphatic rings. The van der Waals surface area contributed by atoms with Crippen molar-refractivity contribution in [3.8, 4) is 5.75 Å². The quantitative estimate of drug-likeness (QED) is 0.759. The Morgan fingerprint density at radius 3 is 2.52 bits per heavy atom. The van der Waals surface area contributed by atoms with E-state index in [1.54, 1.807) is 14.2 Å². The largest absolute Gasteiger partial charge is 0.497 e. The Balaban J connectivity index is 2.08. The van der Waals surface area contributed by atoms with E-state index < -0.39 is 5.54 Å². The summed E-state index contributed by atoms with van der Waals surface area (Å²) in [5.74, 6) is 1.61. The van der Waals surface area contributed by atoms with Crippen LogP contribution in [-0.4, -0.2) is 50.1 Å². The highest BCUT2D eigenvalue weighted by Gasteiger charge is 2.41. The van der Waals surface area contributed by atoms with Crippen LogP contribution < -0.4 is 15.4 Å². The van der Waals surface area contributed by atoms with Gasteiger partial charge in [0.15, 0.2) is 0 Å². The molecule has 5 nitrogen and oxygen atoms in total. The highest BCUT2D eigenvalue weighted by molar-refractivity contribution is 5.89. The second kappa shape index (κ2) is 9.09. The van der Waals surface area contributed by atoms with Gasteiger partial charge in [-0.05, 0) is 30.9 Å². The number of hydrogen-bond acceptors (Lipinski definition) is 4. The van der Waals surface area contributed by atoms with Gasteiger partial charge in [0.05, 0.1) is 7.11 Å². The molecule has 0 aliphatic carbocycles. The summed E-state index contributed by atoms with van der Waals surface area (Å²) in [5, 5.41) is 6.35. The molecular weight excluding hydrogens is 314 g/mol. The van der Waals surface area contributed by atoms with E-state index in [-0.39, 0.29) is 5.91 Å². The fourth-order valence-corrected chi connectivity index (χ4v) is 3.65. The molecule has 1 aliphatic heterocycles. The number of anilines is 1. The molecule has 0 aromatic heterocycles. The van der Waals surface area contributed by atoms with Crippen LogP contribution in [0.2, 0.25) is 0 Å². The molecule has 140 valence electrons. The summed E-state index contributed by atoms with van der Waals surface area (Å²) in [6.45, 7) is 7.55. The lowest BCUT2D eigenvalue weighted by Gasteiger charge is -2.42. The Labute approximate surface area is 152 Å². The topological polar surface area (TPSA) is 53.6 Å². The molecule has 0 bridgehead atoms. The van der Waals surface area contributed by atoms with Crippen molar-refractivity contribution in [3.05, 3.63) is 24.3 Å². The van der Waals surface area contributed by atoms with E-state index in [1.165, 1.54) is 12.8 Å². The van der Waals surface area contributed by atoms with Crippen LogP contribution in [0.1, 0.15) is 39.5 Å². The maximum Gasteiger partial charge on any atom is 0.245 e. The first kappa shape index (κ1) is 19.6. The first-order chi connectivity index (χ1) is 12.1. The number of likely N-dealkylation sites (tertiary alicyclic amines) is 1. The third-order valence-corrected chi connectivity index (χ3v) is 5.50. The molecule has 1 heterocycles. The van der Waals surface area contributed by atoms with Gasteiger partial charge in [-0.3, -0.25) is 4.79 Å². The summed E-state index contributed by atoms with van der Waals surface area (Å²) in [4.78, 5) is 15.2. The molecule has 0 radical (unpaired) electrons. The Morgan fingerprint density at radius 2 is 1.96 bits per heavy atom. The van der Waals surface area contributed by atoms with E-state index in [9.17, 15) is 4.79 Å². The highest BCUT2D eigenvalue weighted by atomic mass is 16.5. The number of piperidine rings is 1. The molecule has 1 aromatic rings. The van der Waals surface area contributed by atoms with Crippen molar-refractivity contribution in [3.63, 3.8) is 0 Å². The number of benzene rings is 1. The third-order valence-electron chi connectivity index (χ3n) is 5.50. The number of amides is 1. The molecule has 1 saturated heterocycles. The molecule has 0 unspecified atom stereocenters. The van der Waals surface area contributed by atoms with Crippen molar-refractivity contribution in [1.29, 1.82) is 0 Å². The summed E-state index contributed by atoms with van der Waals surface area (Å²) >= 11 is 0. The third kappa shape index (κ3) is 4.88. The van der Waals surface area contributed by atoms with Crippen LogP contribution in [0, 0.1) is 5.92 Å². The lowest BCUT2D eigenvalue weighted by molar-refractivity contribution is -0.126. The molecule has 2 N–H and O–H groups in total. The second-order valence-corrected chi connectivity index (χ2v) is 7.00. The van der Waals surface area contributed by atoms with Gasteiger partial charge >= 0.3 is 0 Å². The number of methoxy groups -OCH3 is 1. The van der Waals surface area contributed by atoms with Crippen molar-refractivity contribution < 1.29 is 9.53 Å². The monoisotopic (exact) mass is 347 g/mol. The van der Waals surface area contributed by atoms with Gasteiger partial charge in [-0.25, -0.2) is 0 Å². The maximum absolute atomic E-state index is 12.7. The number of likely N-dealkylation sites (N-methyl/N-ethyl adjacent to an activating group) is 1. The van der Waals surface area contributed by atoms with Crippen molar-refractivity contribution in [2.24, 2.45) is 5.92 Å². The summed E-state index contributed by atoms with van der Waals surface area (Å²) in [5.41, 5.74) is 0.377. The van der Waals surface area contributed by atoms with E-state index in [0.717, 1.165) is 49.8 Å². The van der Waals surface area contributed by atoms with Crippen molar-refractivity contribution >= 4 is 11.6 Å². The zero-order chi connectivity index (χ0) is 18.3. The van der Waals surface area contributed by atoms with Crippen LogP contribution in [-0.2, 0) is 4.79 Å². The first-order valence-electron chi connectivity index (χ1n) is 9.43. The average molecular weight is 348 g/mol. The first-order valence-corrected chi connectivity index (χ1v) is 9.43. The predicted octanol–water partition coefficient (Wildman–Crippen LogP) is 3.12. The van der Waals surface area contributed by atoms with Crippen LogP contribution in [0.25, 0.3) is 0 Å². The van der Waals surface area contributed by atoms with Crippen molar-refractivity contribution in [2.45, 2.75) is 45.1 Å². The number of nitrogens with zero attached hydrogens (tertiary/aromatic N) is 1. The van der Waals surface area contributed by atoms with Gasteiger partial charge in [-0.2, -0.15) is 0 Å². The van der Waals surface area contributed by atoms with Gasteiger partial charge in [0.25, 0.3) is 0 Å². The van der Waals surface area contributed by atoms with Crippen molar-refractivity contribution in [1.82, 2.24) is 10.2 Å². The molecule has 2 rings (SSSR count). The minimum absolute atomic E-state index is 0.0671. The summed E-state index contributed by atoms with van der Waals surface area (Å²) < 4.78 is 5.30. The van der Waals surface area contributed by atoms with E-state index in [1.807, 2.05) is 24.3 Å². The van der Waals surface area contributed by atoms with Crippen molar-refractivity contribution in [2.75, 3.05) is 39.1 Å². The Hall–Kier alpha value is -1.75. The van der Waals surface area contributed by atoms with E-state index >= 15 is 0 Å². The molecule has 0 atom stereocenters. The van der Waals surface area contributed by atoms with Crippen LogP contribution in [0.4, 0.5) is 5.69 Å². The van der Waals surface area contributed by atoms with E-state index in [0.29, 0.717) is 0 Å². The van der Waals surface area contributed by atoms with E-state index in [2.05, 4.69) is 29.4 Å². The van der Waals surface area contributed by atoms with Gasteiger partial charge in [0.2, 0.25) is 5.91 Å². The Bertz CT molecular complexity index is 550. The molecule has 5 heteroatoms. The summed E-state index contributed by atoms with van der Waals surface area (Å²) in [6.07, 6.45) is 4.05. The van der Waals surface area contributed by atoms with Gasteiger partial charge in [0, 0.05) is 38.4 Å². The maximum atomic E-state index is 12.7. The van der Waals surface area contributed by atoms with Crippen LogP contribution in [0.15, 0.2) is 24.3 Å². The van der Waals surface area contributed by atoms with Gasteiger partial charge < -0.3 is 20.3 Å². The second-order valence-electron chi connectivity index (χ2n) is 7.00. The zero-order valence-corrected chi connectivity index (χ0v) is 16.1. The van der Waals surface area contributed by atoms with Gasteiger partial charge in [0.1, 0.15) is 11.3 Å². The standard InChI is InChI=1S/C20H33N3O2/c1-5-16(6-2)15-23-12-10-20(11-13-23,19(24)21-3)22-17-8-7-9-18(14-17)25-4/h7-9,14,16,22H,5-6,10-13,15H2,1-4H3,(H,21,24). The summed E-state index contributed by atoms with van der Waals surface area (Å²) in [6, 6.07) is 7.79. The molecular formula is C20H33N3O2. The molecule has 0 saturated carbocycles. The number of rotatable bonds is 8. The van der Waals surface area contributed by atoms with Crippen LogP contribution in [0.3, 0.4) is 0 Å². The number of ether oxygens (including phenoxy) is 1. The Kier molecular flexibility index (Phi) is 7.12. The van der Waals surface area contributed by atoms with E-state index in [4.69, 9.17) is 4.74 Å². The van der Waals surface area contributed by atoms with Gasteiger partial charge in [-0.15, -0.1) is 0 Å². The normalized spacial score (nSPS) is 17.3. The molecule has 1 amide bonds. The molecule has 1 fully saturated rings. The highest BCUT2D eigenvalue weighted by Crippen LogP contribution is 2.29. The fraction of sp³-hybridized carbons (Fsp3) is 0.650. The van der Waals surface area contributed by atoms with Crippen LogP contribution in [0.5, 0.6) is 5.75 Å². The summed E-state index contributed by atoms with van der Waals surface area (Å²) in [7, 11) is 3.37. The minimum Gasteiger partial charge on any atom is -0.497 e. The molecule has 0 spiro atoms. The molecule has 25 heavy (non-hydrogen) atoms. The van der Waals surface area contributed by atoms with Crippen LogP contribution >= 0.6 is 0 Å². The number of carbonyl (C=O) groups is 1. The number of carbonyl (C=O) groups excluding carboxylic acids is 1. The lowest BCUT2D eigenvalue weighted by Crippen LogP contribution is -2.58. The lowest BCUT2D eigenvalue weighted by atomic mass is 9.85.